The van der Waals surface area contributed by atoms with Gasteiger partial charge in [0.1, 0.15) is 0 Å². The second-order valence-electron chi connectivity index (χ2n) is 6.43. The predicted octanol–water partition coefficient (Wildman–Crippen LogP) is 2.15. The van der Waals surface area contributed by atoms with Crippen LogP contribution in [0.15, 0.2) is 40.8 Å². The van der Waals surface area contributed by atoms with Gasteiger partial charge in [-0.2, -0.15) is 0 Å². The number of carbonyl (C=O) groups is 2. The topological polar surface area (TPSA) is 102 Å². The number of rotatable bonds is 8. The summed E-state index contributed by atoms with van der Waals surface area (Å²) < 4.78 is 31.0. The molecule has 2 rings (SSSR count). The molecule has 0 fully saturated rings. The normalized spacial score (nSPS) is 15.6. The molecule has 0 saturated heterocycles. The van der Waals surface area contributed by atoms with E-state index in [1.807, 2.05) is 0 Å². The lowest BCUT2D eigenvalue weighted by molar-refractivity contribution is -0.129. The van der Waals surface area contributed by atoms with Gasteiger partial charge in [-0.05, 0) is 64.3 Å². The second kappa shape index (κ2) is 9.66. The summed E-state index contributed by atoms with van der Waals surface area (Å²) in [4.78, 5) is 24.3. The zero-order chi connectivity index (χ0) is 19.9. The van der Waals surface area contributed by atoms with Gasteiger partial charge >= 0.3 is 5.97 Å². The van der Waals surface area contributed by atoms with E-state index in [0.29, 0.717) is 6.54 Å². The van der Waals surface area contributed by atoms with Crippen molar-refractivity contribution in [3.63, 3.8) is 0 Å². The number of carbonyl (C=O) groups excluding carboxylic acids is 2. The van der Waals surface area contributed by atoms with Gasteiger partial charge in [0.2, 0.25) is 10.0 Å². The SMILES string of the molecule is CNS(=O)(=O)c1cccc(C(=O)O[C@H](C)C(=O)NCCC2=CCCCC2)c1. The third kappa shape index (κ3) is 6.18. The summed E-state index contributed by atoms with van der Waals surface area (Å²) in [5.41, 5.74) is 1.42. The number of hydrogen-bond acceptors (Lipinski definition) is 5. The molecule has 0 aliphatic heterocycles. The Kier molecular flexibility index (Phi) is 7.55. The predicted molar refractivity (Wildman–Crippen MR) is 102 cm³/mol. The van der Waals surface area contributed by atoms with Crippen LogP contribution in [-0.2, 0) is 19.6 Å². The molecule has 0 unspecified atom stereocenters. The van der Waals surface area contributed by atoms with Gasteiger partial charge < -0.3 is 10.1 Å². The summed E-state index contributed by atoms with van der Waals surface area (Å²) in [6.07, 6.45) is 6.64. The van der Waals surface area contributed by atoms with E-state index < -0.39 is 22.1 Å². The molecule has 1 amide bonds. The largest absolute Gasteiger partial charge is 0.449 e. The molecule has 0 heterocycles. The van der Waals surface area contributed by atoms with Crippen LogP contribution in [0.25, 0.3) is 0 Å². The maximum Gasteiger partial charge on any atom is 0.338 e. The van der Waals surface area contributed by atoms with Gasteiger partial charge in [-0.25, -0.2) is 17.9 Å². The Morgan fingerprint density at radius 2 is 2.04 bits per heavy atom. The molecule has 1 aromatic rings. The fourth-order valence-corrected chi connectivity index (χ4v) is 3.59. The van der Waals surface area contributed by atoms with Crippen LogP contribution in [0.3, 0.4) is 0 Å². The van der Waals surface area contributed by atoms with Crippen molar-refractivity contribution < 1.29 is 22.7 Å². The van der Waals surface area contributed by atoms with Crippen molar-refractivity contribution in [1.29, 1.82) is 0 Å². The average molecular weight is 394 g/mol. The Morgan fingerprint density at radius 3 is 2.70 bits per heavy atom. The van der Waals surface area contributed by atoms with Crippen LogP contribution in [0.5, 0.6) is 0 Å². The van der Waals surface area contributed by atoms with Gasteiger partial charge in [-0.1, -0.05) is 17.7 Å². The molecule has 0 bridgehead atoms. The number of ether oxygens (including phenoxy) is 1. The lowest BCUT2D eigenvalue weighted by Gasteiger charge is -2.16. The van der Waals surface area contributed by atoms with E-state index in [9.17, 15) is 18.0 Å². The van der Waals surface area contributed by atoms with E-state index in [-0.39, 0.29) is 16.4 Å². The van der Waals surface area contributed by atoms with Crippen LogP contribution in [0, 0.1) is 0 Å². The summed E-state index contributed by atoms with van der Waals surface area (Å²) >= 11 is 0. The zero-order valence-corrected chi connectivity index (χ0v) is 16.5. The lowest BCUT2D eigenvalue weighted by atomic mass is 9.97. The van der Waals surface area contributed by atoms with E-state index in [1.165, 1.54) is 56.7 Å². The van der Waals surface area contributed by atoms with E-state index >= 15 is 0 Å². The number of benzene rings is 1. The van der Waals surface area contributed by atoms with Crippen molar-refractivity contribution in [2.24, 2.45) is 0 Å². The maximum absolute atomic E-state index is 12.2. The summed E-state index contributed by atoms with van der Waals surface area (Å²) in [6.45, 7) is 1.99. The van der Waals surface area contributed by atoms with Crippen LogP contribution in [0.1, 0.15) is 49.4 Å². The molecule has 27 heavy (non-hydrogen) atoms. The Bertz CT molecular complexity index is 817. The molecule has 1 aromatic carbocycles. The molecule has 148 valence electrons. The third-order valence-corrected chi connectivity index (χ3v) is 5.84. The monoisotopic (exact) mass is 394 g/mol. The smallest absolute Gasteiger partial charge is 0.338 e. The Labute approximate surface area is 160 Å². The average Bonchev–Trinajstić information content (AvgIpc) is 2.68. The number of sulfonamides is 1. The molecule has 0 aromatic heterocycles. The first-order valence-corrected chi connectivity index (χ1v) is 10.5. The van der Waals surface area contributed by atoms with Crippen LogP contribution >= 0.6 is 0 Å². The third-order valence-electron chi connectivity index (χ3n) is 4.43. The van der Waals surface area contributed by atoms with Gasteiger partial charge in [0.25, 0.3) is 5.91 Å². The Balaban J connectivity index is 1.88. The first kappa shape index (κ1) is 21.1. The molecular weight excluding hydrogens is 368 g/mol. The zero-order valence-electron chi connectivity index (χ0n) is 15.7. The van der Waals surface area contributed by atoms with E-state index in [1.54, 1.807) is 0 Å². The molecule has 7 nitrogen and oxygen atoms in total. The minimum Gasteiger partial charge on any atom is -0.449 e. The molecule has 1 aliphatic rings. The fraction of sp³-hybridized carbons (Fsp3) is 0.474. The highest BCUT2D eigenvalue weighted by atomic mass is 32.2. The fourth-order valence-electron chi connectivity index (χ4n) is 2.81. The molecule has 0 saturated carbocycles. The second-order valence-corrected chi connectivity index (χ2v) is 8.32. The van der Waals surface area contributed by atoms with Gasteiger partial charge in [0.15, 0.2) is 6.10 Å². The van der Waals surface area contributed by atoms with E-state index in [4.69, 9.17) is 4.74 Å². The van der Waals surface area contributed by atoms with Crippen LogP contribution in [0.4, 0.5) is 0 Å². The maximum atomic E-state index is 12.2. The molecule has 0 spiro atoms. The van der Waals surface area contributed by atoms with Crippen molar-refractivity contribution in [2.45, 2.75) is 50.0 Å². The molecule has 1 aliphatic carbocycles. The highest BCUT2D eigenvalue weighted by Crippen LogP contribution is 2.19. The number of allylic oxidation sites excluding steroid dienone is 1. The first-order chi connectivity index (χ1) is 12.8. The van der Waals surface area contributed by atoms with Gasteiger partial charge in [0, 0.05) is 6.54 Å². The molecule has 2 N–H and O–H groups in total. The number of hydrogen-bond donors (Lipinski definition) is 2. The van der Waals surface area contributed by atoms with Crippen LogP contribution < -0.4 is 10.0 Å². The van der Waals surface area contributed by atoms with Gasteiger partial charge in [-0.15, -0.1) is 0 Å². The molecule has 1 atom stereocenters. The summed E-state index contributed by atoms with van der Waals surface area (Å²) in [5, 5.41) is 2.77. The highest BCUT2D eigenvalue weighted by molar-refractivity contribution is 7.89. The van der Waals surface area contributed by atoms with Gasteiger partial charge in [-0.3, -0.25) is 4.79 Å². The van der Waals surface area contributed by atoms with Crippen LogP contribution in [0.2, 0.25) is 0 Å². The highest BCUT2D eigenvalue weighted by Gasteiger charge is 2.20. The standard InChI is InChI=1S/C19H26N2O5S/c1-14(18(22)21-12-11-15-7-4-3-5-8-15)26-19(23)16-9-6-10-17(13-16)27(24,25)20-2/h6-7,9-10,13-14,20H,3-5,8,11-12H2,1-2H3,(H,21,22)/t14-/m1/s1. The van der Waals surface area contributed by atoms with Gasteiger partial charge in [0.05, 0.1) is 10.5 Å². The number of amides is 1. The number of nitrogens with one attached hydrogen (secondary N) is 2. The minimum absolute atomic E-state index is 0.0442. The van der Waals surface area contributed by atoms with Crippen molar-refractivity contribution >= 4 is 21.9 Å². The first-order valence-electron chi connectivity index (χ1n) is 9.03. The Hall–Kier alpha value is -2.19. The quantitative estimate of drug-likeness (QED) is 0.520. The van der Waals surface area contributed by atoms with E-state index in [0.717, 1.165) is 19.3 Å². The summed E-state index contributed by atoms with van der Waals surface area (Å²) in [6, 6.07) is 5.48. The number of esters is 1. The van der Waals surface area contributed by atoms with Crippen molar-refractivity contribution in [3.05, 3.63) is 41.5 Å². The molecule has 8 heteroatoms. The molecular formula is C19H26N2O5S. The Morgan fingerprint density at radius 1 is 1.26 bits per heavy atom. The van der Waals surface area contributed by atoms with Crippen molar-refractivity contribution in [2.75, 3.05) is 13.6 Å². The van der Waals surface area contributed by atoms with Crippen LogP contribution in [-0.4, -0.2) is 40.0 Å². The lowest BCUT2D eigenvalue weighted by Crippen LogP contribution is -2.36. The van der Waals surface area contributed by atoms with Crippen molar-refractivity contribution in [1.82, 2.24) is 10.0 Å². The van der Waals surface area contributed by atoms with E-state index in [2.05, 4.69) is 16.1 Å². The molecule has 0 radical (unpaired) electrons. The summed E-state index contributed by atoms with van der Waals surface area (Å²) in [7, 11) is -2.38. The van der Waals surface area contributed by atoms with Crippen molar-refractivity contribution in [3.8, 4) is 0 Å². The summed E-state index contributed by atoms with van der Waals surface area (Å²) in [5.74, 6) is -1.13. The minimum atomic E-state index is -3.66.